The molecule has 2 aliphatic rings. The lowest BCUT2D eigenvalue weighted by Crippen LogP contribution is -2.35. The Balaban J connectivity index is 1.46. The van der Waals surface area contributed by atoms with Crippen molar-refractivity contribution in [3.8, 4) is 0 Å². The summed E-state index contributed by atoms with van der Waals surface area (Å²) in [6.07, 6.45) is -0.763. The van der Waals surface area contributed by atoms with Gasteiger partial charge in [0.15, 0.2) is 6.61 Å². The molecule has 2 amide bonds. The Hall–Kier alpha value is -3.68. The molecule has 2 aliphatic heterocycles. The number of cyclic esters (lactones) is 2. The zero-order valence-corrected chi connectivity index (χ0v) is 15.3. The maximum atomic E-state index is 12.3. The van der Waals surface area contributed by atoms with Crippen molar-refractivity contribution in [2.24, 2.45) is 0 Å². The van der Waals surface area contributed by atoms with Crippen molar-refractivity contribution in [3.05, 3.63) is 70.8 Å². The molecule has 2 aromatic carbocycles. The molecule has 2 heterocycles. The van der Waals surface area contributed by atoms with Crippen LogP contribution in [0.2, 0.25) is 0 Å². The summed E-state index contributed by atoms with van der Waals surface area (Å²) in [5.74, 6) is -1.82. The van der Waals surface area contributed by atoms with Gasteiger partial charge in [0.2, 0.25) is 0 Å². The van der Waals surface area contributed by atoms with Crippen LogP contribution in [-0.4, -0.2) is 48.6 Å². The number of esters is 2. The molecule has 4 rings (SSSR count). The van der Waals surface area contributed by atoms with E-state index in [0.717, 1.165) is 10.5 Å². The average molecular weight is 395 g/mol. The Morgan fingerprint density at radius 2 is 1.90 bits per heavy atom. The summed E-state index contributed by atoms with van der Waals surface area (Å²) >= 11 is 0. The van der Waals surface area contributed by atoms with Crippen LogP contribution >= 0.6 is 0 Å². The SMILES string of the molecule is O=C(OCC(=O)N1CCOC1=O)c1ccc2c(c1)C[C@@H](c1ccccc1)OC2=O. The van der Waals surface area contributed by atoms with Gasteiger partial charge in [-0.3, -0.25) is 4.79 Å². The highest BCUT2D eigenvalue weighted by Crippen LogP contribution is 2.31. The Kier molecular flexibility index (Phi) is 4.99. The molecule has 0 radical (unpaired) electrons. The van der Waals surface area contributed by atoms with E-state index in [4.69, 9.17) is 9.47 Å². The van der Waals surface area contributed by atoms with Gasteiger partial charge in [-0.15, -0.1) is 0 Å². The molecule has 8 heteroatoms. The third-order valence-electron chi connectivity index (χ3n) is 4.78. The van der Waals surface area contributed by atoms with Gasteiger partial charge in [0.05, 0.1) is 17.7 Å². The number of hydrogen-bond donors (Lipinski definition) is 0. The normalized spacial score (nSPS) is 17.9. The fourth-order valence-electron chi connectivity index (χ4n) is 3.28. The van der Waals surface area contributed by atoms with Crippen LogP contribution in [0.1, 0.15) is 37.9 Å². The van der Waals surface area contributed by atoms with Crippen LogP contribution in [0, 0.1) is 0 Å². The molecule has 0 saturated carbocycles. The highest BCUT2D eigenvalue weighted by atomic mass is 16.6. The lowest BCUT2D eigenvalue weighted by molar-refractivity contribution is -0.131. The molecule has 0 unspecified atom stereocenters. The van der Waals surface area contributed by atoms with E-state index in [0.29, 0.717) is 17.5 Å². The van der Waals surface area contributed by atoms with Crippen LogP contribution in [0.25, 0.3) is 0 Å². The summed E-state index contributed by atoms with van der Waals surface area (Å²) in [6, 6.07) is 13.9. The van der Waals surface area contributed by atoms with E-state index in [-0.39, 0.29) is 18.7 Å². The van der Waals surface area contributed by atoms with Crippen LogP contribution in [0.15, 0.2) is 48.5 Å². The lowest BCUT2D eigenvalue weighted by Gasteiger charge is -2.25. The first kappa shape index (κ1) is 18.7. The maximum absolute atomic E-state index is 12.3. The summed E-state index contributed by atoms with van der Waals surface area (Å²) in [5, 5.41) is 0. The van der Waals surface area contributed by atoms with Gasteiger partial charge in [0.25, 0.3) is 5.91 Å². The molecule has 8 nitrogen and oxygen atoms in total. The van der Waals surface area contributed by atoms with E-state index < -0.39 is 36.6 Å². The minimum Gasteiger partial charge on any atom is -0.454 e. The van der Waals surface area contributed by atoms with Crippen molar-refractivity contribution in [3.63, 3.8) is 0 Å². The third-order valence-corrected chi connectivity index (χ3v) is 4.78. The Morgan fingerprint density at radius 3 is 2.62 bits per heavy atom. The second kappa shape index (κ2) is 7.75. The lowest BCUT2D eigenvalue weighted by atomic mass is 9.93. The second-order valence-corrected chi connectivity index (χ2v) is 6.62. The van der Waals surface area contributed by atoms with Crippen LogP contribution in [0.5, 0.6) is 0 Å². The molecule has 0 spiro atoms. The van der Waals surface area contributed by atoms with Crippen molar-refractivity contribution in [1.29, 1.82) is 0 Å². The molecule has 2 aromatic rings. The van der Waals surface area contributed by atoms with Crippen LogP contribution in [0.4, 0.5) is 4.79 Å². The first-order valence-corrected chi connectivity index (χ1v) is 9.06. The number of imide groups is 1. The molecule has 148 valence electrons. The molecular formula is C21H17NO7. The first-order valence-electron chi connectivity index (χ1n) is 9.06. The first-order chi connectivity index (χ1) is 14.0. The van der Waals surface area contributed by atoms with E-state index in [1.54, 1.807) is 6.07 Å². The van der Waals surface area contributed by atoms with Gasteiger partial charge in [-0.1, -0.05) is 30.3 Å². The molecule has 29 heavy (non-hydrogen) atoms. The second-order valence-electron chi connectivity index (χ2n) is 6.62. The molecule has 0 aliphatic carbocycles. The van der Waals surface area contributed by atoms with Gasteiger partial charge in [-0.05, 0) is 29.3 Å². The summed E-state index contributed by atoms with van der Waals surface area (Å²) in [5.41, 5.74) is 2.13. The van der Waals surface area contributed by atoms with Gasteiger partial charge < -0.3 is 14.2 Å². The van der Waals surface area contributed by atoms with Gasteiger partial charge in [-0.25, -0.2) is 19.3 Å². The molecular weight excluding hydrogens is 378 g/mol. The molecule has 1 fully saturated rings. The topological polar surface area (TPSA) is 99.2 Å². The van der Waals surface area contributed by atoms with E-state index in [2.05, 4.69) is 4.74 Å². The fourth-order valence-corrected chi connectivity index (χ4v) is 3.28. The molecule has 0 aromatic heterocycles. The van der Waals surface area contributed by atoms with Crippen LogP contribution in [-0.2, 0) is 25.4 Å². The molecule has 1 atom stereocenters. The van der Waals surface area contributed by atoms with Crippen molar-refractivity contribution < 1.29 is 33.4 Å². The zero-order valence-electron chi connectivity index (χ0n) is 15.3. The molecule has 0 N–H and O–H groups in total. The molecule has 0 bridgehead atoms. The van der Waals surface area contributed by atoms with E-state index >= 15 is 0 Å². The van der Waals surface area contributed by atoms with Crippen molar-refractivity contribution in [2.45, 2.75) is 12.5 Å². The summed E-state index contributed by atoms with van der Waals surface area (Å²) in [4.78, 5) is 48.9. The summed E-state index contributed by atoms with van der Waals surface area (Å²) in [7, 11) is 0. The predicted octanol–water partition coefficient (Wildman–Crippen LogP) is 2.28. The van der Waals surface area contributed by atoms with Crippen LogP contribution < -0.4 is 0 Å². The maximum Gasteiger partial charge on any atom is 0.416 e. The average Bonchev–Trinajstić information content (AvgIpc) is 3.18. The number of fused-ring (bicyclic) bond motifs is 1. The number of rotatable bonds is 4. The zero-order chi connectivity index (χ0) is 20.4. The summed E-state index contributed by atoms with van der Waals surface area (Å²) in [6.45, 7) is -0.307. The number of benzene rings is 2. The number of nitrogens with zero attached hydrogens (tertiary/aromatic N) is 1. The Morgan fingerprint density at radius 1 is 1.10 bits per heavy atom. The largest absolute Gasteiger partial charge is 0.454 e. The minimum atomic E-state index is -0.745. The Bertz CT molecular complexity index is 986. The van der Waals surface area contributed by atoms with Crippen molar-refractivity contribution in [2.75, 3.05) is 19.8 Å². The standard InChI is InChI=1S/C21H17NO7/c23-18(22-8-9-27-21(22)26)12-28-19(24)14-6-7-16-15(10-14)11-17(29-20(16)25)13-4-2-1-3-5-13/h1-7,10,17H,8-9,11-12H2/t17-/m0/s1. The number of carbonyl (C=O) groups is 4. The van der Waals surface area contributed by atoms with Crippen molar-refractivity contribution in [1.82, 2.24) is 4.90 Å². The predicted molar refractivity (Wildman–Crippen MR) is 98.1 cm³/mol. The third kappa shape index (κ3) is 3.82. The highest BCUT2D eigenvalue weighted by Gasteiger charge is 2.30. The highest BCUT2D eigenvalue weighted by molar-refractivity contribution is 5.97. The van der Waals surface area contributed by atoms with E-state index in [1.807, 2.05) is 30.3 Å². The summed E-state index contributed by atoms with van der Waals surface area (Å²) < 4.78 is 15.2. The fraction of sp³-hybridized carbons (Fsp3) is 0.238. The van der Waals surface area contributed by atoms with E-state index in [9.17, 15) is 19.2 Å². The van der Waals surface area contributed by atoms with Gasteiger partial charge in [0.1, 0.15) is 12.7 Å². The minimum absolute atomic E-state index is 0.127. The van der Waals surface area contributed by atoms with Crippen molar-refractivity contribution >= 4 is 23.9 Å². The smallest absolute Gasteiger partial charge is 0.416 e. The number of amides is 2. The van der Waals surface area contributed by atoms with E-state index in [1.165, 1.54) is 12.1 Å². The van der Waals surface area contributed by atoms with Gasteiger partial charge in [0, 0.05) is 6.42 Å². The number of ether oxygens (including phenoxy) is 3. The van der Waals surface area contributed by atoms with Crippen LogP contribution in [0.3, 0.4) is 0 Å². The molecule has 1 saturated heterocycles. The van der Waals surface area contributed by atoms with Gasteiger partial charge >= 0.3 is 18.0 Å². The monoisotopic (exact) mass is 395 g/mol. The van der Waals surface area contributed by atoms with Gasteiger partial charge in [-0.2, -0.15) is 0 Å². The quantitative estimate of drug-likeness (QED) is 0.578. The number of carbonyl (C=O) groups excluding carboxylic acids is 4. The number of hydrogen-bond acceptors (Lipinski definition) is 7. The Labute approximate surface area is 166 Å².